The van der Waals surface area contributed by atoms with Crippen molar-refractivity contribution in [1.29, 1.82) is 0 Å². The highest BCUT2D eigenvalue weighted by Crippen LogP contribution is 2.22. The zero-order valence-corrected chi connectivity index (χ0v) is 10.1. The number of rotatable bonds is 1. The van der Waals surface area contributed by atoms with Gasteiger partial charge in [-0.3, -0.25) is 9.59 Å². The number of H-pyrrole nitrogens is 1. The minimum Gasteiger partial charge on any atom is -0.356 e. The summed E-state index contributed by atoms with van der Waals surface area (Å²) in [4.78, 5) is 25.8. The van der Waals surface area contributed by atoms with Gasteiger partial charge in [0.15, 0.2) is 0 Å². The van der Waals surface area contributed by atoms with Gasteiger partial charge in [0, 0.05) is 32.5 Å². The van der Waals surface area contributed by atoms with E-state index in [9.17, 15) is 9.59 Å². The average Bonchev–Trinajstić information content (AvgIpc) is 2.98. The molecular weight excluding hydrogens is 232 g/mol. The maximum absolute atomic E-state index is 12.4. The number of carbonyl (C=O) groups is 1. The van der Waals surface area contributed by atoms with Crippen molar-refractivity contribution < 1.29 is 4.79 Å². The maximum atomic E-state index is 12.4. The van der Waals surface area contributed by atoms with E-state index in [0.29, 0.717) is 16.8 Å². The summed E-state index contributed by atoms with van der Waals surface area (Å²) in [7, 11) is 1.80. The molecule has 3 heterocycles. The lowest BCUT2D eigenvalue weighted by molar-refractivity contribution is 0.0792. The molecule has 0 radical (unpaired) electrons. The third-order valence-corrected chi connectivity index (χ3v) is 3.31. The minimum absolute atomic E-state index is 0.0415. The van der Waals surface area contributed by atoms with Crippen LogP contribution in [0.2, 0.25) is 0 Å². The molecule has 1 amide bonds. The maximum Gasteiger partial charge on any atom is 0.275 e. The lowest BCUT2D eigenvalue weighted by atomic mass is 10.1. The first kappa shape index (κ1) is 11.0. The Morgan fingerprint density at radius 1 is 1.33 bits per heavy atom. The summed E-state index contributed by atoms with van der Waals surface area (Å²) < 4.78 is 1.72. The molecular formula is C12H14N4O2. The topological polar surface area (TPSA) is 71.0 Å². The lowest BCUT2D eigenvalue weighted by Gasteiger charge is -2.17. The van der Waals surface area contributed by atoms with Crippen LogP contribution < -0.4 is 5.56 Å². The fourth-order valence-corrected chi connectivity index (χ4v) is 2.41. The van der Waals surface area contributed by atoms with Gasteiger partial charge in [-0.1, -0.05) is 0 Å². The van der Waals surface area contributed by atoms with E-state index in [4.69, 9.17) is 0 Å². The Kier molecular flexibility index (Phi) is 2.43. The van der Waals surface area contributed by atoms with Crippen molar-refractivity contribution in [2.45, 2.75) is 12.8 Å². The van der Waals surface area contributed by atoms with E-state index >= 15 is 0 Å². The van der Waals surface area contributed by atoms with Gasteiger partial charge in [0.05, 0.1) is 11.1 Å². The standard InChI is InChI=1S/C12H14N4O2/c1-15-6-8-10(13-14-11(8)17)9(7-15)12(18)16-4-2-3-5-16/h6-7H,2-5H2,1H3,(H,14,17). The number of hydrogen-bond acceptors (Lipinski definition) is 3. The van der Waals surface area contributed by atoms with E-state index in [-0.39, 0.29) is 11.5 Å². The van der Waals surface area contributed by atoms with Crippen LogP contribution in [0.4, 0.5) is 0 Å². The molecule has 1 saturated heterocycles. The van der Waals surface area contributed by atoms with E-state index in [1.807, 2.05) is 4.90 Å². The highest BCUT2D eigenvalue weighted by molar-refractivity contribution is 5.99. The molecule has 6 nitrogen and oxygen atoms in total. The Labute approximate surface area is 104 Å². The smallest absolute Gasteiger partial charge is 0.275 e. The first-order valence-electron chi connectivity index (χ1n) is 6.00. The number of nitrogens with zero attached hydrogens (tertiary/aromatic N) is 3. The van der Waals surface area contributed by atoms with Crippen molar-refractivity contribution >= 4 is 5.91 Å². The summed E-state index contributed by atoms with van der Waals surface area (Å²) in [5.74, 6) is -0.0415. The molecule has 1 N–H and O–H groups in total. The lowest BCUT2D eigenvalue weighted by Crippen LogP contribution is -2.28. The van der Waals surface area contributed by atoms with Crippen LogP contribution in [-0.4, -0.2) is 38.7 Å². The second-order valence-electron chi connectivity index (χ2n) is 4.65. The van der Waals surface area contributed by atoms with Gasteiger partial charge >= 0.3 is 0 Å². The predicted molar refractivity (Wildman–Crippen MR) is 65.6 cm³/mol. The zero-order valence-electron chi connectivity index (χ0n) is 10.1. The first-order valence-corrected chi connectivity index (χ1v) is 6.00. The number of nitrogens with one attached hydrogen (secondary N) is 1. The Morgan fingerprint density at radius 2 is 2.06 bits per heavy atom. The summed E-state index contributed by atoms with van der Waals surface area (Å²) in [6, 6.07) is 0. The zero-order chi connectivity index (χ0) is 12.7. The van der Waals surface area contributed by atoms with Crippen LogP contribution in [0.1, 0.15) is 23.2 Å². The van der Waals surface area contributed by atoms with Gasteiger partial charge in [-0.05, 0) is 12.8 Å². The van der Waals surface area contributed by atoms with E-state index in [1.165, 1.54) is 0 Å². The molecule has 0 unspecified atom stereocenters. The number of amides is 1. The van der Waals surface area contributed by atoms with Gasteiger partial charge in [-0.15, -0.1) is 0 Å². The Balaban J connectivity index is 2.10. The van der Waals surface area contributed by atoms with Crippen LogP contribution in [0.5, 0.6) is 0 Å². The number of hydrogen-bond donors (Lipinski definition) is 1. The van der Waals surface area contributed by atoms with Crippen molar-refractivity contribution in [3.8, 4) is 11.3 Å². The quantitative estimate of drug-likeness (QED) is 0.794. The van der Waals surface area contributed by atoms with Crippen LogP contribution >= 0.6 is 0 Å². The highest BCUT2D eigenvalue weighted by atomic mass is 16.2. The van der Waals surface area contributed by atoms with E-state index in [0.717, 1.165) is 25.9 Å². The van der Waals surface area contributed by atoms with Crippen molar-refractivity contribution in [3.05, 3.63) is 28.3 Å². The molecule has 0 bridgehead atoms. The van der Waals surface area contributed by atoms with Gasteiger partial charge < -0.3 is 9.47 Å². The number of carbonyl (C=O) groups excluding carboxylic acids is 1. The van der Waals surface area contributed by atoms with Crippen molar-refractivity contribution in [2.75, 3.05) is 13.1 Å². The Bertz CT molecular complexity index is 622. The van der Waals surface area contributed by atoms with Crippen molar-refractivity contribution in [3.63, 3.8) is 0 Å². The third kappa shape index (κ3) is 1.61. The highest BCUT2D eigenvalue weighted by Gasteiger charge is 2.26. The van der Waals surface area contributed by atoms with Crippen LogP contribution in [0, 0.1) is 0 Å². The Morgan fingerprint density at radius 3 is 2.78 bits per heavy atom. The molecule has 18 heavy (non-hydrogen) atoms. The predicted octanol–water partition coefficient (Wildman–Crippen LogP) is 0.449. The summed E-state index contributed by atoms with van der Waals surface area (Å²) in [6.45, 7) is 1.57. The minimum atomic E-state index is -0.253. The van der Waals surface area contributed by atoms with E-state index < -0.39 is 0 Å². The normalized spacial score (nSPS) is 15.5. The van der Waals surface area contributed by atoms with Crippen LogP contribution in [0.3, 0.4) is 0 Å². The van der Waals surface area contributed by atoms with Crippen LogP contribution in [0.25, 0.3) is 11.3 Å². The fourth-order valence-electron chi connectivity index (χ4n) is 2.41. The molecule has 0 spiro atoms. The molecule has 1 fully saturated rings. The molecule has 6 heteroatoms. The van der Waals surface area contributed by atoms with Crippen molar-refractivity contribution in [2.24, 2.45) is 7.05 Å². The van der Waals surface area contributed by atoms with E-state index in [1.54, 1.807) is 24.0 Å². The number of fused-ring (bicyclic) bond motifs is 1. The molecule has 3 rings (SSSR count). The van der Waals surface area contributed by atoms with Crippen molar-refractivity contribution in [1.82, 2.24) is 19.7 Å². The molecule has 3 aliphatic rings. The molecule has 0 aromatic heterocycles. The summed E-state index contributed by atoms with van der Waals surface area (Å²) in [5, 5.41) is 6.35. The molecule has 0 atom stereocenters. The number of pyridine rings is 1. The second-order valence-corrected chi connectivity index (χ2v) is 4.65. The monoisotopic (exact) mass is 246 g/mol. The number of likely N-dealkylation sites (tertiary alicyclic amines) is 1. The molecule has 0 aromatic rings. The second kappa shape index (κ2) is 3.97. The third-order valence-electron chi connectivity index (χ3n) is 3.31. The molecule has 0 aromatic carbocycles. The van der Waals surface area contributed by atoms with E-state index in [2.05, 4.69) is 10.2 Å². The summed E-state index contributed by atoms with van der Waals surface area (Å²) >= 11 is 0. The molecule has 3 aliphatic heterocycles. The fraction of sp³-hybridized carbons (Fsp3) is 0.417. The number of aryl methyl sites for hydroxylation is 1. The SMILES string of the molecule is Cn1cc(C(=O)N2CCCC2)c2n[nH]c(=O)c-2c1. The summed E-state index contributed by atoms with van der Waals surface area (Å²) in [6.07, 6.45) is 5.49. The van der Waals surface area contributed by atoms with Gasteiger partial charge in [-0.2, -0.15) is 5.10 Å². The Hall–Kier alpha value is -2.11. The largest absolute Gasteiger partial charge is 0.356 e. The van der Waals surface area contributed by atoms with Crippen LogP contribution in [0.15, 0.2) is 17.2 Å². The van der Waals surface area contributed by atoms with Crippen LogP contribution in [-0.2, 0) is 7.05 Å². The van der Waals surface area contributed by atoms with Gasteiger partial charge in [0.1, 0.15) is 5.69 Å². The van der Waals surface area contributed by atoms with Gasteiger partial charge in [0.2, 0.25) is 0 Å². The summed E-state index contributed by atoms with van der Waals surface area (Å²) in [5.41, 5.74) is 1.17. The molecule has 94 valence electrons. The number of aromatic amines is 1. The average molecular weight is 246 g/mol. The van der Waals surface area contributed by atoms with Gasteiger partial charge in [-0.25, -0.2) is 5.10 Å². The number of aromatic nitrogens is 3. The first-order chi connectivity index (χ1) is 8.66. The molecule has 0 saturated carbocycles. The van der Waals surface area contributed by atoms with Gasteiger partial charge in [0.25, 0.3) is 11.5 Å². The molecule has 0 aliphatic carbocycles.